The Bertz CT molecular complexity index is 649. The van der Waals surface area contributed by atoms with E-state index in [0.29, 0.717) is 0 Å². The third-order valence-corrected chi connectivity index (χ3v) is 5.02. The summed E-state index contributed by atoms with van der Waals surface area (Å²) in [5, 5.41) is 51.9. The van der Waals surface area contributed by atoms with Crippen molar-refractivity contribution in [2.45, 2.75) is 68.8 Å². The number of hydrogen-bond donors (Lipinski definition) is 6. The fourth-order valence-electron chi connectivity index (χ4n) is 3.15. The molecule has 9 nitrogen and oxygen atoms in total. The normalized spacial score (nSPS) is 29.8. The molecule has 0 saturated carbocycles. The molecule has 1 amide bonds. The van der Waals surface area contributed by atoms with Crippen LogP contribution in [0.2, 0.25) is 0 Å². The van der Waals surface area contributed by atoms with Gasteiger partial charge in [0, 0.05) is 0 Å². The van der Waals surface area contributed by atoms with Gasteiger partial charge >= 0.3 is 0 Å². The summed E-state index contributed by atoms with van der Waals surface area (Å²) in [5.41, 5.74) is 0.745. The average Bonchev–Trinajstić information content (AvgIpc) is 2.75. The van der Waals surface area contributed by atoms with E-state index in [1.54, 1.807) is 31.2 Å². The van der Waals surface area contributed by atoms with Crippen molar-refractivity contribution in [3.63, 3.8) is 0 Å². The average molecular weight is 431 g/mol. The van der Waals surface area contributed by atoms with Gasteiger partial charge in [-0.15, -0.1) is 0 Å². The molecule has 2 unspecified atom stereocenters. The Morgan fingerprint density at radius 2 is 1.90 bits per heavy atom. The van der Waals surface area contributed by atoms with Crippen LogP contribution in [0.4, 0.5) is 4.39 Å². The Hall–Kier alpha value is -1.66. The second kappa shape index (κ2) is 11.7. The first-order valence-corrected chi connectivity index (χ1v) is 9.86. The fourth-order valence-corrected chi connectivity index (χ4v) is 3.15. The molecule has 30 heavy (non-hydrogen) atoms. The van der Waals surface area contributed by atoms with Crippen molar-refractivity contribution in [1.29, 1.82) is 0 Å². The quantitative estimate of drug-likeness (QED) is 0.266. The van der Waals surface area contributed by atoms with Gasteiger partial charge in [0.2, 0.25) is 5.91 Å². The molecule has 1 heterocycles. The van der Waals surface area contributed by atoms with Crippen molar-refractivity contribution in [2.75, 3.05) is 13.2 Å². The molecule has 0 spiro atoms. The number of hydrogen-bond acceptors (Lipinski definition) is 8. The number of carbonyl (C=O) groups excluding carboxylic acids is 1. The van der Waals surface area contributed by atoms with Gasteiger partial charge in [-0.2, -0.15) is 0 Å². The molecule has 8 atom stereocenters. The van der Waals surface area contributed by atoms with Crippen LogP contribution in [-0.2, 0) is 20.7 Å². The Balaban J connectivity index is 2.03. The van der Waals surface area contributed by atoms with E-state index >= 15 is 0 Å². The standard InChI is InChI=1S/C20H30FNO8/c1-2-13(24)17(26)12(22-15(25)8-11-6-4-3-5-7-11)10-29-20-19(28)18(27)16(21)14(9-23)30-20/h3-7,12-14,16-20,23-24,26-28H,2,8-10H2,1H3,(H,22,25)/t12-,13+,14?,16-,17-,18-,19?,20-/m0/s1. The van der Waals surface area contributed by atoms with Crippen LogP contribution in [0, 0.1) is 0 Å². The van der Waals surface area contributed by atoms with Gasteiger partial charge in [-0.05, 0) is 12.0 Å². The highest BCUT2D eigenvalue weighted by Crippen LogP contribution is 2.24. The molecule has 2 rings (SSSR count). The van der Waals surface area contributed by atoms with E-state index in [-0.39, 0.29) is 12.8 Å². The fraction of sp³-hybridized carbons (Fsp3) is 0.650. The van der Waals surface area contributed by atoms with E-state index < -0.39 is 68.1 Å². The number of aliphatic hydroxyl groups excluding tert-OH is 5. The van der Waals surface area contributed by atoms with Crippen LogP contribution in [0.1, 0.15) is 18.9 Å². The lowest BCUT2D eigenvalue weighted by atomic mass is 10.0. The van der Waals surface area contributed by atoms with Crippen molar-refractivity contribution in [1.82, 2.24) is 5.32 Å². The molecule has 6 N–H and O–H groups in total. The lowest BCUT2D eigenvalue weighted by Crippen LogP contribution is -2.59. The van der Waals surface area contributed by atoms with E-state index in [2.05, 4.69) is 5.32 Å². The van der Waals surface area contributed by atoms with Gasteiger partial charge < -0.3 is 40.3 Å². The third kappa shape index (κ3) is 6.42. The summed E-state index contributed by atoms with van der Waals surface area (Å²) >= 11 is 0. The molecule has 0 radical (unpaired) electrons. The van der Waals surface area contributed by atoms with Crippen LogP contribution in [0.3, 0.4) is 0 Å². The van der Waals surface area contributed by atoms with Crippen molar-refractivity contribution in [2.24, 2.45) is 0 Å². The molecular formula is C20H30FNO8. The molecule has 1 saturated heterocycles. The molecule has 1 aliphatic heterocycles. The summed E-state index contributed by atoms with van der Waals surface area (Å²) in [4.78, 5) is 12.4. The van der Waals surface area contributed by atoms with Gasteiger partial charge in [0.15, 0.2) is 12.5 Å². The number of rotatable bonds is 10. The number of benzene rings is 1. The number of nitrogens with one attached hydrogen (secondary N) is 1. The van der Waals surface area contributed by atoms with Gasteiger partial charge in [0.25, 0.3) is 0 Å². The number of alkyl halides is 1. The number of carbonyl (C=O) groups is 1. The summed E-state index contributed by atoms with van der Waals surface area (Å²) in [6.07, 6.45) is -10.8. The van der Waals surface area contributed by atoms with Gasteiger partial charge in [-0.25, -0.2) is 4.39 Å². The molecule has 1 aromatic rings. The molecule has 1 aromatic carbocycles. The Morgan fingerprint density at radius 3 is 2.50 bits per heavy atom. The zero-order chi connectivity index (χ0) is 22.3. The van der Waals surface area contributed by atoms with Crippen molar-refractivity contribution >= 4 is 5.91 Å². The molecule has 0 aliphatic carbocycles. The molecule has 0 aromatic heterocycles. The molecule has 1 fully saturated rings. The van der Waals surface area contributed by atoms with Crippen molar-refractivity contribution in [3.8, 4) is 0 Å². The minimum atomic E-state index is -2.00. The third-order valence-electron chi connectivity index (χ3n) is 5.02. The van der Waals surface area contributed by atoms with E-state index in [9.17, 15) is 29.6 Å². The molecule has 10 heteroatoms. The van der Waals surface area contributed by atoms with E-state index in [4.69, 9.17) is 14.6 Å². The summed E-state index contributed by atoms with van der Waals surface area (Å²) in [6.45, 7) is 0.511. The van der Waals surface area contributed by atoms with E-state index in [0.717, 1.165) is 5.56 Å². The second-order valence-corrected chi connectivity index (χ2v) is 7.29. The predicted octanol–water partition coefficient (Wildman–Crippen LogP) is -1.36. The van der Waals surface area contributed by atoms with Crippen LogP contribution in [0.5, 0.6) is 0 Å². The number of ether oxygens (including phenoxy) is 2. The van der Waals surface area contributed by atoms with Gasteiger partial charge in [0.05, 0.1) is 31.8 Å². The molecular weight excluding hydrogens is 401 g/mol. The summed E-state index contributed by atoms with van der Waals surface area (Å²) in [7, 11) is 0. The maximum Gasteiger partial charge on any atom is 0.224 e. The SMILES string of the molecule is CC[C@@H](O)[C@@H](O)[C@H](CO[C@H]1OC(CO)[C@H](F)[C@H](O)C1O)NC(=O)Cc1ccccc1. The van der Waals surface area contributed by atoms with Gasteiger partial charge in [-0.3, -0.25) is 4.79 Å². The Kier molecular flexibility index (Phi) is 9.56. The first-order valence-electron chi connectivity index (χ1n) is 9.86. The number of aliphatic hydroxyl groups is 5. The second-order valence-electron chi connectivity index (χ2n) is 7.29. The minimum absolute atomic E-state index is 0.0314. The van der Waals surface area contributed by atoms with E-state index in [1.165, 1.54) is 0 Å². The maximum atomic E-state index is 13.8. The highest BCUT2D eigenvalue weighted by Gasteiger charge is 2.45. The minimum Gasteiger partial charge on any atom is -0.394 e. The summed E-state index contributed by atoms with van der Waals surface area (Å²) in [5.74, 6) is -0.431. The molecule has 0 bridgehead atoms. The lowest BCUT2D eigenvalue weighted by Gasteiger charge is -2.39. The van der Waals surface area contributed by atoms with Crippen LogP contribution < -0.4 is 5.32 Å². The van der Waals surface area contributed by atoms with Crippen LogP contribution >= 0.6 is 0 Å². The predicted molar refractivity (Wildman–Crippen MR) is 103 cm³/mol. The maximum absolute atomic E-state index is 13.8. The largest absolute Gasteiger partial charge is 0.394 e. The first-order chi connectivity index (χ1) is 14.3. The van der Waals surface area contributed by atoms with Gasteiger partial charge in [0.1, 0.15) is 24.4 Å². The first kappa shape index (κ1) is 24.6. The van der Waals surface area contributed by atoms with E-state index in [1.807, 2.05) is 6.07 Å². The monoisotopic (exact) mass is 431 g/mol. The highest BCUT2D eigenvalue weighted by molar-refractivity contribution is 5.78. The Morgan fingerprint density at radius 1 is 1.23 bits per heavy atom. The highest BCUT2D eigenvalue weighted by atomic mass is 19.1. The molecule has 1 aliphatic rings. The van der Waals surface area contributed by atoms with Crippen molar-refractivity contribution < 1.29 is 44.2 Å². The smallest absolute Gasteiger partial charge is 0.224 e. The lowest BCUT2D eigenvalue weighted by molar-refractivity contribution is -0.293. The van der Waals surface area contributed by atoms with Crippen LogP contribution in [0.25, 0.3) is 0 Å². The van der Waals surface area contributed by atoms with Crippen molar-refractivity contribution in [3.05, 3.63) is 35.9 Å². The molecule has 170 valence electrons. The van der Waals surface area contributed by atoms with Crippen LogP contribution in [0.15, 0.2) is 30.3 Å². The zero-order valence-electron chi connectivity index (χ0n) is 16.7. The Labute approximate surface area is 174 Å². The number of halogens is 1. The summed E-state index contributed by atoms with van der Waals surface area (Å²) in [6, 6.07) is 7.82. The number of amides is 1. The topological polar surface area (TPSA) is 149 Å². The summed E-state index contributed by atoms with van der Waals surface area (Å²) < 4.78 is 24.4. The zero-order valence-corrected chi connectivity index (χ0v) is 16.7. The van der Waals surface area contributed by atoms with Crippen LogP contribution in [-0.4, -0.2) is 93.7 Å². The van der Waals surface area contributed by atoms with Gasteiger partial charge in [-0.1, -0.05) is 37.3 Å².